The summed E-state index contributed by atoms with van der Waals surface area (Å²) >= 11 is 0. The van der Waals surface area contributed by atoms with E-state index < -0.39 is 17.7 Å². The summed E-state index contributed by atoms with van der Waals surface area (Å²) in [6.07, 6.45) is -3.97. The fourth-order valence-electron chi connectivity index (χ4n) is 4.43. The van der Waals surface area contributed by atoms with Crippen molar-refractivity contribution in [2.75, 3.05) is 18.4 Å². The maximum atomic E-state index is 13.6. The minimum atomic E-state index is -4.44. The smallest absolute Gasteiger partial charge is 0.338 e. The van der Waals surface area contributed by atoms with Crippen molar-refractivity contribution < 1.29 is 22.8 Å². The van der Waals surface area contributed by atoms with E-state index in [1.54, 1.807) is 11.0 Å². The van der Waals surface area contributed by atoms with Gasteiger partial charge >= 0.3 is 6.18 Å². The molecule has 0 bridgehead atoms. The number of carbonyl (C=O) groups is 2. The molecule has 4 aromatic rings. The summed E-state index contributed by atoms with van der Waals surface area (Å²) in [5.74, 6) is -0.969. The number of alkyl halides is 3. The average Bonchev–Trinajstić information content (AvgIpc) is 3.39. The molecule has 1 fully saturated rings. The predicted octanol–water partition coefficient (Wildman–Crippen LogP) is 6.02. The van der Waals surface area contributed by atoms with E-state index in [-0.39, 0.29) is 24.0 Å². The van der Waals surface area contributed by atoms with Gasteiger partial charge in [-0.25, -0.2) is 4.98 Å². The molecule has 1 unspecified atom stereocenters. The number of para-hydroxylation sites is 1. The van der Waals surface area contributed by atoms with Crippen LogP contribution < -0.4 is 5.32 Å². The van der Waals surface area contributed by atoms with Gasteiger partial charge in [-0.2, -0.15) is 13.2 Å². The lowest BCUT2D eigenvalue weighted by atomic mass is 10.0. The first-order chi connectivity index (χ1) is 17.3. The third-order valence-electron chi connectivity index (χ3n) is 6.34. The molecule has 1 aliphatic rings. The molecule has 1 aliphatic heterocycles. The highest BCUT2D eigenvalue weighted by Gasteiger charge is 2.33. The number of amides is 2. The SMILES string of the molecule is O=C(Nc1ccc(C(F)(F)F)cc1)C1CCN(C(=O)c2cc(-c3ccccc3)nc3ccccc23)C1. The Hall–Kier alpha value is -4.20. The molecule has 1 aromatic heterocycles. The lowest BCUT2D eigenvalue weighted by Crippen LogP contribution is -2.31. The van der Waals surface area contributed by atoms with Crippen molar-refractivity contribution in [3.63, 3.8) is 0 Å². The standard InChI is InChI=1S/C28H22F3N3O2/c29-28(30,31)20-10-12-21(13-11-20)32-26(35)19-14-15-34(17-19)27(36)23-16-25(18-6-2-1-3-7-18)33-24-9-5-4-8-22(23)24/h1-13,16,19H,14-15,17H2,(H,32,35). The van der Waals surface area contributed by atoms with Gasteiger partial charge in [0.1, 0.15) is 0 Å². The van der Waals surface area contributed by atoms with E-state index in [0.29, 0.717) is 29.7 Å². The van der Waals surface area contributed by atoms with Gasteiger partial charge < -0.3 is 10.2 Å². The molecule has 2 heterocycles. The van der Waals surface area contributed by atoms with Crippen LogP contribution in [0.4, 0.5) is 18.9 Å². The van der Waals surface area contributed by atoms with Crippen LogP contribution in [0.1, 0.15) is 22.3 Å². The van der Waals surface area contributed by atoms with Gasteiger partial charge in [-0.3, -0.25) is 9.59 Å². The van der Waals surface area contributed by atoms with Crippen molar-refractivity contribution in [3.8, 4) is 11.3 Å². The van der Waals surface area contributed by atoms with Gasteiger partial charge in [0.15, 0.2) is 0 Å². The molecular formula is C28H22F3N3O2. The summed E-state index contributed by atoms with van der Waals surface area (Å²) < 4.78 is 38.3. The first-order valence-electron chi connectivity index (χ1n) is 11.5. The number of anilines is 1. The van der Waals surface area contributed by atoms with Crippen molar-refractivity contribution in [2.24, 2.45) is 5.92 Å². The normalized spacial score (nSPS) is 15.8. The van der Waals surface area contributed by atoms with E-state index in [1.807, 2.05) is 54.6 Å². The molecule has 1 N–H and O–H groups in total. The first kappa shape index (κ1) is 23.5. The summed E-state index contributed by atoms with van der Waals surface area (Å²) in [5, 5.41) is 3.40. The molecule has 8 heteroatoms. The number of hydrogen-bond acceptors (Lipinski definition) is 3. The van der Waals surface area contributed by atoms with Gasteiger partial charge in [-0.05, 0) is 42.8 Å². The fraction of sp³-hybridized carbons (Fsp3) is 0.179. The fourth-order valence-corrected chi connectivity index (χ4v) is 4.43. The molecule has 182 valence electrons. The molecule has 0 spiro atoms. The predicted molar refractivity (Wildman–Crippen MR) is 131 cm³/mol. The topological polar surface area (TPSA) is 62.3 Å². The highest BCUT2D eigenvalue weighted by Crippen LogP contribution is 2.31. The molecule has 1 saturated heterocycles. The Balaban J connectivity index is 1.34. The molecule has 0 aliphatic carbocycles. The summed E-state index contributed by atoms with van der Waals surface area (Å²) in [6, 6.07) is 23.2. The number of fused-ring (bicyclic) bond motifs is 1. The number of nitrogens with zero attached hydrogens (tertiary/aromatic N) is 2. The number of pyridine rings is 1. The third kappa shape index (κ3) is 4.79. The number of hydrogen-bond donors (Lipinski definition) is 1. The van der Waals surface area contributed by atoms with E-state index in [1.165, 1.54) is 12.1 Å². The zero-order valence-electron chi connectivity index (χ0n) is 19.1. The molecule has 5 nitrogen and oxygen atoms in total. The molecule has 0 saturated carbocycles. The van der Waals surface area contributed by atoms with Crippen LogP contribution >= 0.6 is 0 Å². The Morgan fingerprint density at radius 3 is 2.33 bits per heavy atom. The molecule has 0 radical (unpaired) electrons. The molecule has 2 amide bonds. The summed E-state index contributed by atoms with van der Waals surface area (Å²) in [7, 11) is 0. The quantitative estimate of drug-likeness (QED) is 0.381. The maximum absolute atomic E-state index is 13.6. The second kappa shape index (κ2) is 9.45. The van der Waals surface area contributed by atoms with E-state index in [9.17, 15) is 22.8 Å². The van der Waals surface area contributed by atoms with Gasteiger partial charge in [0.25, 0.3) is 5.91 Å². The monoisotopic (exact) mass is 489 g/mol. The minimum Gasteiger partial charge on any atom is -0.338 e. The molecule has 1 atom stereocenters. The Bertz CT molecular complexity index is 1420. The lowest BCUT2D eigenvalue weighted by Gasteiger charge is -2.18. The molecule has 3 aromatic carbocycles. The van der Waals surface area contributed by atoms with Crippen LogP contribution in [-0.2, 0) is 11.0 Å². The summed E-state index contributed by atoms with van der Waals surface area (Å²) in [6.45, 7) is 0.629. The highest BCUT2D eigenvalue weighted by molar-refractivity contribution is 6.07. The lowest BCUT2D eigenvalue weighted by molar-refractivity contribution is -0.137. The van der Waals surface area contributed by atoms with E-state index >= 15 is 0 Å². The van der Waals surface area contributed by atoms with Gasteiger partial charge in [-0.15, -0.1) is 0 Å². The van der Waals surface area contributed by atoms with E-state index in [4.69, 9.17) is 4.98 Å². The van der Waals surface area contributed by atoms with Crippen LogP contribution in [-0.4, -0.2) is 34.8 Å². The number of likely N-dealkylation sites (tertiary alicyclic amines) is 1. The maximum Gasteiger partial charge on any atom is 0.416 e. The second-order valence-electron chi connectivity index (χ2n) is 8.74. The van der Waals surface area contributed by atoms with Crippen molar-refractivity contribution >= 4 is 28.4 Å². The zero-order chi connectivity index (χ0) is 25.3. The number of aromatic nitrogens is 1. The van der Waals surface area contributed by atoms with Gasteiger partial charge in [0.05, 0.1) is 28.3 Å². The number of benzene rings is 3. The number of halogens is 3. The molecule has 5 rings (SSSR count). The molecular weight excluding hydrogens is 467 g/mol. The Labute approximate surface area is 205 Å². The van der Waals surface area contributed by atoms with Crippen molar-refractivity contribution in [2.45, 2.75) is 12.6 Å². The van der Waals surface area contributed by atoms with E-state index in [2.05, 4.69) is 5.32 Å². The van der Waals surface area contributed by atoms with Gasteiger partial charge in [0.2, 0.25) is 5.91 Å². The number of carbonyl (C=O) groups excluding carboxylic acids is 2. The molecule has 36 heavy (non-hydrogen) atoms. The van der Waals surface area contributed by atoms with Crippen LogP contribution in [0.15, 0.2) is 84.9 Å². The number of rotatable bonds is 4. The third-order valence-corrected chi connectivity index (χ3v) is 6.34. The van der Waals surface area contributed by atoms with Gasteiger partial charge in [0, 0.05) is 29.7 Å². The van der Waals surface area contributed by atoms with Crippen LogP contribution in [0.3, 0.4) is 0 Å². The first-order valence-corrected chi connectivity index (χ1v) is 11.5. The van der Waals surface area contributed by atoms with Crippen LogP contribution in [0.25, 0.3) is 22.2 Å². The van der Waals surface area contributed by atoms with Crippen LogP contribution in [0.2, 0.25) is 0 Å². The highest BCUT2D eigenvalue weighted by atomic mass is 19.4. The van der Waals surface area contributed by atoms with Crippen LogP contribution in [0, 0.1) is 5.92 Å². The van der Waals surface area contributed by atoms with Gasteiger partial charge in [-0.1, -0.05) is 48.5 Å². The largest absolute Gasteiger partial charge is 0.416 e. The second-order valence-corrected chi connectivity index (χ2v) is 8.74. The van der Waals surface area contributed by atoms with Crippen molar-refractivity contribution in [1.82, 2.24) is 9.88 Å². The van der Waals surface area contributed by atoms with Crippen LogP contribution in [0.5, 0.6) is 0 Å². The Kier molecular flexibility index (Phi) is 6.18. The van der Waals surface area contributed by atoms with E-state index in [0.717, 1.165) is 23.1 Å². The zero-order valence-corrected chi connectivity index (χ0v) is 19.1. The summed E-state index contributed by atoms with van der Waals surface area (Å²) in [4.78, 5) is 32.7. The number of nitrogens with one attached hydrogen (secondary N) is 1. The Morgan fingerprint density at radius 1 is 0.917 bits per heavy atom. The van der Waals surface area contributed by atoms with Crippen molar-refractivity contribution in [1.29, 1.82) is 0 Å². The Morgan fingerprint density at radius 2 is 1.61 bits per heavy atom. The van der Waals surface area contributed by atoms with Crippen molar-refractivity contribution in [3.05, 3.63) is 96.1 Å². The average molecular weight is 489 g/mol. The minimum absolute atomic E-state index is 0.185. The summed E-state index contributed by atoms with van der Waals surface area (Å²) in [5.41, 5.74) is 2.31.